The highest BCUT2D eigenvalue weighted by Gasteiger charge is 2.23. The van der Waals surface area contributed by atoms with Gasteiger partial charge in [0.1, 0.15) is 0 Å². The molecule has 1 aromatic rings. The third-order valence-electron chi connectivity index (χ3n) is 2.01. The van der Waals surface area contributed by atoms with Crippen LogP contribution in [0.25, 0.3) is 0 Å². The van der Waals surface area contributed by atoms with E-state index in [0.717, 1.165) is 5.56 Å². The highest BCUT2D eigenvalue weighted by molar-refractivity contribution is 7.80. The van der Waals surface area contributed by atoms with Gasteiger partial charge in [0, 0.05) is 0 Å². The fourth-order valence-electron chi connectivity index (χ4n) is 1.03. The molecule has 0 fully saturated rings. The maximum atomic E-state index is 11.6. The van der Waals surface area contributed by atoms with Crippen LogP contribution in [0.2, 0.25) is 0 Å². The molecule has 0 aliphatic rings. The molecule has 0 bridgehead atoms. The number of hydrogen-bond acceptors (Lipinski definition) is 3. The third kappa shape index (κ3) is 3.60. The number of hydrogen-bond donors (Lipinski definition) is 2. The minimum absolute atomic E-state index is 0.0637. The minimum Gasteiger partial charge on any atom is -0.391 e. The summed E-state index contributed by atoms with van der Waals surface area (Å²) < 4.78 is 0. The predicted octanol–water partition coefficient (Wildman–Crippen LogP) is 1.47. The van der Waals surface area contributed by atoms with Gasteiger partial charge in [-0.1, -0.05) is 12.2 Å². The molecule has 0 aromatic carbocycles. The van der Waals surface area contributed by atoms with Gasteiger partial charge in [-0.2, -0.15) is 11.3 Å². The van der Waals surface area contributed by atoms with Crippen molar-refractivity contribution in [3.05, 3.63) is 22.4 Å². The zero-order valence-electron chi connectivity index (χ0n) is 8.74. The topological polar surface area (TPSA) is 55.1 Å². The van der Waals surface area contributed by atoms with Crippen LogP contribution in [0.5, 0.6) is 0 Å². The Kier molecular flexibility index (Phi) is 3.82. The van der Waals surface area contributed by atoms with E-state index >= 15 is 0 Å². The molecule has 0 unspecified atom stereocenters. The van der Waals surface area contributed by atoms with Crippen LogP contribution in [0.4, 0.5) is 0 Å². The van der Waals surface area contributed by atoms with Gasteiger partial charge >= 0.3 is 0 Å². The van der Waals surface area contributed by atoms with Crippen LogP contribution < -0.4 is 11.1 Å². The summed E-state index contributed by atoms with van der Waals surface area (Å²) >= 11 is 6.44. The van der Waals surface area contributed by atoms with Gasteiger partial charge < -0.3 is 11.1 Å². The number of nitrogens with two attached hydrogens (primary N) is 1. The van der Waals surface area contributed by atoms with E-state index in [1.165, 1.54) is 0 Å². The van der Waals surface area contributed by atoms with Crippen molar-refractivity contribution >= 4 is 34.5 Å². The molecule has 3 nitrogen and oxygen atoms in total. The molecule has 0 spiro atoms. The Morgan fingerprint density at radius 3 is 2.80 bits per heavy atom. The Morgan fingerprint density at radius 1 is 1.67 bits per heavy atom. The summed E-state index contributed by atoms with van der Waals surface area (Å²) in [5.74, 6) is -0.0637. The summed E-state index contributed by atoms with van der Waals surface area (Å²) in [6, 6.07) is 1.93. The summed E-state index contributed by atoms with van der Waals surface area (Å²) in [5.41, 5.74) is 5.90. The lowest BCUT2D eigenvalue weighted by Gasteiger charge is -2.24. The Labute approximate surface area is 98.7 Å². The lowest BCUT2D eigenvalue weighted by molar-refractivity contribution is -0.121. The van der Waals surface area contributed by atoms with Gasteiger partial charge in [-0.3, -0.25) is 4.79 Å². The van der Waals surface area contributed by atoms with Crippen LogP contribution in [0.1, 0.15) is 19.4 Å². The lowest BCUT2D eigenvalue weighted by atomic mass is 10.1. The first-order chi connectivity index (χ1) is 6.92. The molecule has 0 saturated carbocycles. The number of nitrogens with one attached hydrogen (secondary N) is 1. The first-order valence-corrected chi connectivity index (χ1v) is 5.89. The molecule has 0 aliphatic carbocycles. The summed E-state index contributed by atoms with van der Waals surface area (Å²) in [6.07, 6.45) is 0.371. The second kappa shape index (κ2) is 4.72. The summed E-state index contributed by atoms with van der Waals surface area (Å²) in [7, 11) is 0. The summed E-state index contributed by atoms with van der Waals surface area (Å²) in [4.78, 5) is 11.9. The molecular formula is C10H14N2OS2. The standard InChI is InChI=1S/C10H14N2OS2/c1-10(2,9(11)14)12-8(13)5-7-3-4-15-6-7/h3-4,6H,5H2,1-2H3,(H2,11,14)(H,12,13). The van der Waals surface area contributed by atoms with E-state index in [-0.39, 0.29) is 5.91 Å². The van der Waals surface area contributed by atoms with Gasteiger partial charge in [-0.25, -0.2) is 0 Å². The smallest absolute Gasteiger partial charge is 0.225 e. The van der Waals surface area contributed by atoms with Crippen LogP contribution in [0.3, 0.4) is 0 Å². The molecule has 1 amide bonds. The molecule has 1 aromatic heterocycles. The van der Waals surface area contributed by atoms with Gasteiger partial charge in [-0.15, -0.1) is 0 Å². The second-order valence-corrected chi connectivity index (χ2v) is 5.07. The van der Waals surface area contributed by atoms with E-state index in [0.29, 0.717) is 11.4 Å². The van der Waals surface area contributed by atoms with E-state index < -0.39 is 5.54 Å². The fraction of sp³-hybridized carbons (Fsp3) is 0.400. The Balaban J connectivity index is 2.53. The van der Waals surface area contributed by atoms with Gasteiger partial charge in [0.2, 0.25) is 5.91 Å². The molecule has 0 aliphatic heterocycles. The normalized spacial score (nSPS) is 11.1. The zero-order chi connectivity index (χ0) is 11.5. The van der Waals surface area contributed by atoms with Gasteiger partial charge in [0.25, 0.3) is 0 Å². The van der Waals surface area contributed by atoms with E-state index in [9.17, 15) is 4.79 Å². The van der Waals surface area contributed by atoms with E-state index in [1.54, 1.807) is 25.2 Å². The number of thiocarbonyl (C=S) groups is 1. The lowest BCUT2D eigenvalue weighted by Crippen LogP contribution is -2.52. The van der Waals surface area contributed by atoms with Crippen molar-refractivity contribution < 1.29 is 4.79 Å². The number of amides is 1. The van der Waals surface area contributed by atoms with Crippen molar-refractivity contribution in [1.82, 2.24) is 5.32 Å². The van der Waals surface area contributed by atoms with E-state index in [1.807, 2.05) is 16.8 Å². The predicted molar refractivity (Wildman–Crippen MR) is 67.0 cm³/mol. The van der Waals surface area contributed by atoms with Crippen molar-refractivity contribution in [2.45, 2.75) is 25.8 Å². The SMILES string of the molecule is CC(C)(NC(=O)Cc1ccsc1)C(N)=S. The highest BCUT2D eigenvalue weighted by Crippen LogP contribution is 2.08. The Morgan fingerprint density at radius 2 is 2.33 bits per heavy atom. The van der Waals surface area contributed by atoms with Crippen molar-refractivity contribution in [3.8, 4) is 0 Å². The Bertz CT molecular complexity index is 358. The molecular weight excluding hydrogens is 228 g/mol. The molecule has 3 N–H and O–H groups in total. The molecule has 0 radical (unpaired) electrons. The first-order valence-electron chi connectivity index (χ1n) is 4.54. The number of carbonyl (C=O) groups excluding carboxylic acids is 1. The molecule has 0 saturated heterocycles. The number of rotatable bonds is 4. The molecule has 15 heavy (non-hydrogen) atoms. The Hall–Kier alpha value is -0.940. The third-order valence-corrected chi connectivity index (χ3v) is 3.26. The maximum Gasteiger partial charge on any atom is 0.225 e. The molecule has 5 heteroatoms. The molecule has 0 atom stereocenters. The average molecular weight is 242 g/mol. The molecule has 82 valence electrons. The van der Waals surface area contributed by atoms with Crippen LogP contribution >= 0.6 is 23.6 Å². The van der Waals surface area contributed by atoms with Crippen molar-refractivity contribution in [2.24, 2.45) is 5.73 Å². The fourth-order valence-corrected chi connectivity index (χ4v) is 1.75. The largest absolute Gasteiger partial charge is 0.391 e. The molecule has 1 heterocycles. The van der Waals surface area contributed by atoms with E-state index in [2.05, 4.69) is 5.32 Å². The first kappa shape index (κ1) is 12.1. The molecule has 1 rings (SSSR count). The van der Waals surface area contributed by atoms with Gasteiger partial charge in [-0.05, 0) is 36.2 Å². The van der Waals surface area contributed by atoms with Crippen LogP contribution in [0, 0.1) is 0 Å². The van der Waals surface area contributed by atoms with Crippen molar-refractivity contribution in [2.75, 3.05) is 0 Å². The maximum absolute atomic E-state index is 11.6. The van der Waals surface area contributed by atoms with E-state index in [4.69, 9.17) is 18.0 Å². The van der Waals surface area contributed by atoms with Crippen LogP contribution in [0.15, 0.2) is 16.8 Å². The monoisotopic (exact) mass is 242 g/mol. The summed E-state index contributed by atoms with van der Waals surface area (Å²) in [5, 5.41) is 6.69. The minimum atomic E-state index is -0.623. The zero-order valence-corrected chi connectivity index (χ0v) is 10.4. The van der Waals surface area contributed by atoms with Crippen molar-refractivity contribution in [1.29, 1.82) is 0 Å². The summed E-state index contributed by atoms with van der Waals surface area (Å²) in [6.45, 7) is 3.59. The second-order valence-electron chi connectivity index (χ2n) is 3.85. The average Bonchev–Trinajstić information content (AvgIpc) is 2.54. The number of carbonyl (C=O) groups is 1. The van der Waals surface area contributed by atoms with Crippen LogP contribution in [-0.4, -0.2) is 16.4 Å². The quantitative estimate of drug-likeness (QED) is 0.786. The van der Waals surface area contributed by atoms with Gasteiger partial charge in [0.15, 0.2) is 0 Å². The number of thiophene rings is 1. The highest BCUT2D eigenvalue weighted by atomic mass is 32.1. The van der Waals surface area contributed by atoms with Crippen molar-refractivity contribution in [3.63, 3.8) is 0 Å². The van der Waals surface area contributed by atoms with Crippen LogP contribution in [-0.2, 0) is 11.2 Å². The van der Waals surface area contributed by atoms with Gasteiger partial charge in [0.05, 0.1) is 16.9 Å².